The first kappa shape index (κ1) is 17.5. The summed E-state index contributed by atoms with van der Waals surface area (Å²) in [6.07, 6.45) is 0. The molecule has 2 aromatic rings. The van der Waals surface area contributed by atoms with E-state index in [1.165, 1.54) is 0 Å². The maximum Gasteiger partial charge on any atom is 0.241 e. The fourth-order valence-electron chi connectivity index (χ4n) is 2.18. The molecule has 0 aromatic heterocycles. The molecule has 5 heteroatoms. The Labute approximate surface area is 145 Å². The van der Waals surface area contributed by atoms with Gasteiger partial charge in [0.2, 0.25) is 5.91 Å². The molecule has 0 aliphatic carbocycles. The van der Waals surface area contributed by atoms with Crippen LogP contribution in [0.1, 0.15) is 12.5 Å². The second-order valence-electron chi connectivity index (χ2n) is 5.44. The summed E-state index contributed by atoms with van der Waals surface area (Å²) in [5.41, 5.74) is 1.90. The normalized spacial score (nSPS) is 12.0. The SMILES string of the molecule is COc1cccc(CN(C)[C@@H](C)C(=O)Nc2ccc(Br)cc2)c1. The molecule has 0 aliphatic heterocycles. The Balaban J connectivity index is 1.96. The molecule has 0 radical (unpaired) electrons. The van der Waals surface area contributed by atoms with Gasteiger partial charge in [0, 0.05) is 16.7 Å². The fraction of sp³-hybridized carbons (Fsp3) is 0.278. The van der Waals surface area contributed by atoms with Gasteiger partial charge >= 0.3 is 0 Å². The van der Waals surface area contributed by atoms with E-state index in [4.69, 9.17) is 4.74 Å². The van der Waals surface area contributed by atoms with Crippen LogP contribution in [0.25, 0.3) is 0 Å². The first-order valence-electron chi connectivity index (χ1n) is 7.39. The second-order valence-corrected chi connectivity index (χ2v) is 6.35. The summed E-state index contributed by atoms with van der Waals surface area (Å²) < 4.78 is 6.22. The standard InChI is InChI=1S/C18H21BrN2O2/c1-13(18(22)20-16-9-7-15(19)8-10-16)21(2)12-14-5-4-6-17(11-14)23-3/h4-11,13H,12H2,1-3H3,(H,20,22)/t13-/m0/s1. The van der Waals surface area contributed by atoms with Crippen LogP contribution in [0.3, 0.4) is 0 Å². The van der Waals surface area contributed by atoms with Gasteiger partial charge < -0.3 is 10.1 Å². The molecule has 0 saturated carbocycles. The largest absolute Gasteiger partial charge is 0.497 e. The predicted octanol–water partition coefficient (Wildman–Crippen LogP) is 3.92. The van der Waals surface area contributed by atoms with Crippen molar-refractivity contribution in [3.8, 4) is 5.75 Å². The minimum atomic E-state index is -0.246. The lowest BCUT2D eigenvalue weighted by atomic mass is 10.1. The number of nitrogens with zero attached hydrogens (tertiary/aromatic N) is 1. The molecule has 122 valence electrons. The number of methoxy groups -OCH3 is 1. The van der Waals surface area contributed by atoms with Gasteiger partial charge in [-0.3, -0.25) is 9.69 Å². The van der Waals surface area contributed by atoms with Gasteiger partial charge in [-0.25, -0.2) is 0 Å². The van der Waals surface area contributed by atoms with Crippen molar-refractivity contribution < 1.29 is 9.53 Å². The molecule has 1 amide bonds. The number of nitrogens with one attached hydrogen (secondary N) is 1. The molecule has 0 unspecified atom stereocenters. The molecule has 0 aliphatic rings. The number of amides is 1. The van der Waals surface area contributed by atoms with E-state index >= 15 is 0 Å². The van der Waals surface area contributed by atoms with Gasteiger partial charge in [0.05, 0.1) is 13.2 Å². The smallest absolute Gasteiger partial charge is 0.241 e. The van der Waals surface area contributed by atoms with Crippen LogP contribution < -0.4 is 10.1 Å². The van der Waals surface area contributed by atoms with Gasteiger partial charge in [-0.15, -0.1) is 0 Å². The first-order chi connectivity index (χ1) is 11.0. The third-order valence-electron chi connectivity index (χ3n) is 3.72. The zero-order chi connectivity index (χ0) is 16.8. The highest BCUT2D eigenvalue weighted by Crippen LogP contribution is 2.17. The van der Waals surface area contributed by atoms with E-state index in [1.54, 1.807) is 7.11 Å². The van der Waals surface area contributed by atoms with Crippen LogP contribution in [-0.4, -0.2) is 31.0 Å². The molecule has 0 bridgehead atoms. The number of ether oxygens (including phenoxy) is 1. The Morgan fingerprint density at radius 2 is 1.96 bits per heavy atom. The maximum atomic E-state index is 12.4. The van der Waals surface area contributed by atoms with Gasteiger partial charge in [0.1, 0.15) is 5.75 Å². The minimum Gasteiger partial charge on any atom is -0.497 e. The average Bonchev–Trinajstić information content (AvgIpc) is 2.56. The zero-order valence-corrected chi connectivity index (χ0v) is 15.1. The fourth-order valence-corrected chi connectivity index (χ4v) is 2.44. The lowest BCUT2D eigenvalue weighted by molar-refractivity contribution is -0.120. The van der Waals surface area contributed by atoms with E-state index in [9.17, 15) is 4.79 Å². The number of benzene rings is 2. The van der Waals surface area contributed by atoms with Crippen molar-refractivity contribution in [2.75, 3.05) is 19.5 Å². The summed E-state index contributed by atoms with van der Waals surface area (Å²) in [6, 6.07) is 15.2. The van der Waals surface area contributed by atoms with E-state index in [2.05, 4.69) is 21.2 Å². The number of anilines is 1. The Hall–Kier alpha value is -1.85. The molecule has 23 heavy (non-hydrogen) atoms. The number of likely N-dealkylation sites (N-methyl/N-ethyl adjacent to an activating group) is 1. The molecule has 2 rings (SSSR count). The van der Waals surface area contributed by atoms with Gasteiger partial charge in [-0.05, 0) is 55.9 Å². The quantitative estimate of drug-likeness (QED) is 0.830. The Bertz CT molecular complexity index is 658. The monoisotopic (exact) mass is 376 g/mol. The Morgan fingerprint density at radius 1 is 1.26 bits per heavy atom. The summed E-state index contributed by atoms with van der Waals surface area (Å²) in [5.74, 6) is 0.792. The number of rotatable bonds is 6. The van der Waals surface area contributed by atoms with Crippen LogP contribution in [0.15, 0.2) is 53.0 Å². The van der Waals surface area contributed by atoms with Crippen molar-refractivity contribution in [2.24, 2.45) is 0 Å². The molecule has 1 atom stereocenters. The molecule has 0 spiro atoms. The number of hydrogen-bond acceptors (Lipinski definition) is 3. The lowest BCUT2D eigenvalue weighted by Crippen LogP contribution is -2.39. The van der Waals surface area contributed by atoms with Gasteiger partial charge in [0.25, 0.3) is 0 Å². The highest BCUT2D eigenvalue weighted by Gasteiger charge is 2.18. The highest BCUT2D eigenvalue weighted by atomic mass is 79.9. The number of hydrogen-bond donors (Lipinski definition) is 1. The number of carbonyl (C=O) groups excluding carboxylic acids is 1. The number of halogens is 1. The molecule has 1 N–H and O–H groups in total. The van der Waals surface area contributed by atoms with E-state index < -0.39 is 0 Å². The summed E-state index contributed by atoms with van der Waals surface area (Å²) in [7, 11) is 3.59. The van der Waals surface area contributed by atoms with Crippen molar-refractivity contribution in [3.05, 3.63) is 58.6 Å². The summed E-state index contributed by atoms with van der Waals surface area (Å²) >= 11 is 3.38. The third-order valence-corrected chi connectivity index (χ3v) is 4.25. The van der Waals surface area contributed by atoms with Crippen molar-refractivity contribution in [2.45, 2.75) is 19.5 Å². The average molecular weight is 377 g/mol. The molecule has 0 fully saturated rings. The van der Waals surface area contributed by atoms with Crippen molar-refractivity contribution in [3.63, 3.8) is 0 Å². The van der Waals surface area contributed by atoms with E-state index in [-0.39, 0.29) is 11.9 Å². The van der Waals surface area contributed by atoms with E-state index in [0.717, 1.165) is 21.5 Å². The molecule has 4 nitrogen and oxygen atoms in total. The Morgan fingerprint density at radius 3 is 2.61 bits per heavy atom. The van der Waals surface area contributed by atoms with Crippen LogP contribution in [0.4, 0.5) is 5.69 Å². The van der Waals surface area contributed by atoms with Gasteiger partial charge in [-0.2, -0.15) is 0 Å². The Kier molecular flexibility index (Phi) is 6.19. The summed E-state index contributed by atoms with van der Waals surface area (Å²) in [4.78, 5) is 14.4. The molecule has 0 saturated heterocycles. The second kappa shape index (κ2) is 8.13. The zero-order valence-electron chi connectivity index (χ0n) is 13.5. The van der Waals surface area contributed by atoms with Crippen LogP contribution in [0, 0.1) is 0 Å². The van der Waals surface area contributed by atoms with Crippen LogP contribution >= 0.6 is 15.9 Å². The maximum absolute atomic E-state index is 12.4. The van der Waals surface area contributed by atoms with Gasteiger partial charge in [0.15, 0.2) is 0 Å². The van der Waals surface area contributed by atoms with Crippen LogP contribution in [0.5, 0.6) is 5.75 Å². The van der Waals surface area contributed by atoms with Crippen LogP contribution in [0.2, 0.25) is 0 Å². The molecular weight excluding hydrogens is 356 g/mol. The van der Waals surface area contributed by atoms with Crippen molar-refractivity contribution >= 4 is 27.5 Å². The molecule has 2 aromatic carbocycles. The van der Waals surface area contributed by atoms with Crippen molar-refractivity contribution in [1.29, 1.82) is 0 Å². The van der Waals surface area contributed by atoms with E-state index in [0.29, 0.717) is 6.54 Å². The molecule has 0 heterocycles. The molecular formula is C18H21BrN2O2. The predicted molar refractivity (Wildman–Crippen MR) is 96.7 cm³/mol. The number of carbonyl (C=O) groups is 1. The minimum absolute atomic E-state index is 0.0299. The topological polar surface area (TPSA) is 41.6 Å². The first-order valence-corrected chi connectivity index (χ1v) is 8.18. The summed E-state index contributed by atoms with van der Waals surface area (Å²) in [6.45, 7) is 2.57. The third kappa shape index (κ3) is 5.08. The van der Waals surface area contributed by atoms with Gasteiger partial charge in [-0.1, -0.05) is 28.1 Å². The van der Waals surface area contributed by atoms with E-state index in [1.807, 2.05) is 67.4 Å². The lowest BCUT2D eigenvalue weighted by Gasteiger charge is -2.24. The summed E-state index contributed by atoms with van der Waals surface area (Å²) in [5, 5.41) is 2.93. The van der Waals surface area contributed by atoms with Crippen molar-refractivity contribution in [1.82, 2.24) is 4.90 Å². The van der Waals surface area contributed by atoms with Crippen LogP contribution in [-0.2, 0) is 11.3 Å². The highest BCUT2D eigenvalue weighted by molar-refractivity contribution is 9.10.